The summed E-state index contributed by atoms with van der Waals surface area (Å²) in [6, 6.07) is 9.49. The van der Waals surface area contributed by atoms with E-state index >= 15 is 0 Å². The van der Waals surface area contributed by atoms with E-state index in [1.807, 2.05) is 12.1 Å². The Kier molecular flexibility index (Phi) is 4.98. The molecule has 1 fully saturated rings. The van der Waals surface area contributed by atoms with Crippen molar-refractivity contribution in [3.8, 4) is 10.4 Å². The van der Waals surface area contributed by atoms with Gasteiger partial charge in [-0.15, -0.1) is 16.4 Å². The van der Waals surface area contributed by atoms with Gasteiger partial charge in [-0.25, -0.2) is 4.68 Å². The number of hydrogen-bond acceptors (Lipinski definition) is 5. The van der Waals surface area contributed by atoms with Crippen molar-refractivity contribution in [3.05, 3.63) is 58.7 Å². The Hall–Kier alpha value is -2.23. The molecule has 1 aromatic carbocycles. The Bertz CT molecular complexity index is 943. The van der Waals surface area contributed by atoms with E-state index in [2.05, 4.69) is 15.2 Å². The summed E-state index contributed by atoms with van der Waals surface area (Å²) in [5, 5.41) is 17.6. The average molecular weight is 408 g/mol. The molecule has 0 spiro atoms. The number of likely N-dealkylation sites (tertiary alicyclic amines) is 1. The lowest BCUT2D eigenvalue weighted by Crippen LogP contribution is -2.47. The zero-order valence-corrected chi connectivity index (χ0v) is 15.9. The third-order valence-electron chi connectivity index (χ3n) is 4.81. The molecule has 0 amide bonds. The Balaban J connectivity index is 1.34. The van der Waals surface area contributed by atoms with Gasteiger partial charge in [0.25, 0.3) is 0 Å². The third-order valence-corrected chi connectivity index (χ3v) is 5.92. The van der Waals surface area contributed by atoms with Crippen LogP contribution in [-0.2, 0) is 12.7 Å². The number of nitrogens with zero attached hydrogens (tertiary/aromatic N) is 4. The molecular weight excluding hydrogens is 389 g/mol. The average Bonchev–Trinajstić information content (AvgIpc) is 3.27. The van der Waals surface area contributed by atoms with Crippen LogP contribution in [0.5, 0.6) is 0 Å². The van der Waals surface area contributed by atoms with Crippen LogP contribution in [-0.4, -0.2) is 38.1 Å². The van der Waals surface area contributed by atoms with Crippen LogP contribution >= 0.6 is 11.3 Å². The van der Waals surface area contributed by atoms with E-state index in [0.29, 0.717) is 5.69 Å². The molecule has 148 valence electrons. The highest BCUT2D eigenvalue weighted by Gasteiger charge is 2.31. The fourth-order valence-electron chi connectivity index (χ4n) is 3.16. The fraction of sp³-hybridized carbons (Fsp3) is 0.368. The van der Waals surface area contributed by atoms with Gasteiger partial charge in [0.2, 0.25) is 0 Å². The maximum absolute atomic E-state index is 12.7. The maximum Gasteiger partial charge on any atom is 0.416 e. The van der Waals surface area contributed by atoms with Gasteiger partial charge in [0.1, 0.15) is 5.69 Å². The summed E-state index contributed by atoms with van der Waals surface area (Å²) < 4.78 is 39.8. The Morgan fingerprint density at radius 3 is 2.50 bits per heavy atom. The van der Waals surface area contributed by atoms with E-state index in [9.17, 15) is 18.3 Å². The smallest absolute Gasteiger partial charge is 0.387 e. The van der Waals surface area contributed by atoms with E-state index in [1.165, 1.54) is 12.1 Å². The summed E-state index contributed by atoms with van der Waals surface area (Å²) >= 11 is 1.59. The second kappa shape index (κ2) is 7.31. The van der Waals surface area contributed by atoms with Gasteiger partial charge >= 0.3 is 6.18 Å². The van der Waals surface area contributed by atoms with Crippen molar-refractivity contribution >= 4 is 11.3 Å². The van der Waals surface area contributed by atoms with Crippen LogP contribution in [0, 0.1) is 0 Å². The van der Waals surface area contributed by atoms with Gasteiger partial charge in [-0.05, 0) is 36.8 Å². The van der Waals surface area contributed by atoms with Crippen LogP contribution < -0.4 is 0 Å². The zero-order valence-electron chi connectivity index (χ0n) is 15.1. The molecule has 28 heavy (non-hydrogen) atoms. The first-order chi connectivity index (χ1) is 13.3. The summed E-state index contributed by atoms with van der Waals surface area (Å²) in [6.45, 7) is 4.14. The molecule has 1 N–H and O–H groups in total. The second-order valence-electron chi connectivity index (χ2n) is 6.99. The number of aromatic nitrogens is 3. The first-order valence-electron chi connectivity index (χ1n) is 8.88. The normalized spacial score (nSPS) is 16.9. The van der Waals surface area contributed by atoms with Gasteiger partial charge in [0.05, 0.1) is 23.9 Å². The van der Waals surface area contributed by atoms with Gasteiger partial charge in [-0.3, -0.25) is 4.90 Å². The van der Waals surface area contributed by atoms with Crippen molar-refractivity contribution in [2.75, 3.05) is 13.1 Å². The van der Waals surface area contributed by atoms with Crippen molar-refractivity contribution in [2.45, 2.75) is 31.8 Å². The van der Waals surface area contributed by atoms with Gasteiger partial charge in [-0.1, -0.05) is 17.3 Å². The predicted octanol–water partition coefficient (Wildman–Crippen LogP) is 4.14. The summed E-state index contributed by atoms with van der Waals surface area (Å²) in [7, 11) is 0. The van der Waals surface area contributed by atoms with Crippen molar-refractivity contribution < 1.29 is 18.3 Å². The topological polar surface area (TPSA) is 54.2 Å². The number of aliphatic hydroxyl groups excluding tert-OH is 1. The van der Waals surface area contributed by atoms with Crippen LogP contribution in [0.3, 0.4) is 0 Å². The number of alkyl halides is 3. The molecule has 0 saturated carbocycles. The van der Waals surface area contributed by atoms with Crippen molar-refractivity contribution in [2.24, 2.45) is 0 Å². The number of aliphatic hydroxyl groups is 1. The van der Waals surface area contributed by atoms with Crippen LogP contribution in [0.2, 0.25) is 0 Å². The molecule has 4 rings (SSSR count). The monoisotopic (exact) mass is 408 g/mol. The molecule has 1 unspecified atom stereocenters. The van der Waals surface area contributed by atoms with Crippen LogP contribution in [0.4, 0.5) is 13.2 Å². The molecule has 1 aliphatic heterocycles. The highest BCUT2D eigenvalue weighted by atomic mass is 32.1. The third kappa shape index (κ3) is 3.96. The van der Waals surface area contributed by atoms with E-state index in [4.69, 9.17) is 0 Å². The first kappa shape index (κ1) is 19.1. The number of thiophene rings is 1. The number of halogens is 3. The van der Waals surface area contributed by atoms with Gasteiger partial charge in [0.15, 0.2) is 0 Å². The minimum Gasteiger partial charge on any atom is -0.387 e. The molecule has 0 bridgehead atoms. The SMILES string of the molecule is CC(O)c1cn(C2CN(Cc3ccc(-c4ccc(C(F)(F)F)cc4)s3)C2)nn1. The zero-order chi connectivity index (χ0) is 19.9. The van der Waals surface area contributed by atoms with Crippen LogP contribution in [0.15, 0.2) is 42.6 Å². The van der Waals surface area contributed by atoms with E-state index in [1.54, 1.807) is 29.1 Å². The molecule has 9 heteroatoms. The number of hydrogen-bond donors (Lipinski definition) is 1. The summed E-state index contributed by atoms with van der Waals surface area (Å²) in [5.74, 6) is 0. The molecule has 2 aromatic heterocycles. The Labute approximate surface area is 164 Å². The summed E-state index contributed by atoms with van der Waals surface area (Å²) in [6.07, 6.45) is -3.16. The Morgan fingerprint density at radius 2 is 1.89 bits per heavy atom. The van der Waals surface area contributed by atoms with Crippen molar-refractivity contribution in [1.29, 1.82) is 0 Å². The number of benzene rings is 1. The number of rotatable bonds is 5. The predicted molar refractivity (Wildman–Crippen MR) is 99.7 cm³/mol. The quantitative estimate of drug-likeness (QED) is 0.690. The molecule has 5 nitrogen and oxygen atoms in total. The molecule has 0 aliphatic carbocycles. The van der Waals surface area contributed by atoms with Crippen LogP contribution in [0.1, 0.15) is 35.2 Å². The minimum absolute atomic E-state index is 0.245. The van der Waals surface area contributed by atoms with E-state index < -0.39 is 17.8 Å². The summed E-state index contributed by atoms with van der Waals surface area (Å²) in [5.41, 5.74) is 0.725. The van der Waals surface area contributed by atoms with Crippen LogP contribution in [0.25, 0.3) is 10.4 Å². The molecular formula is C19H19F3N4OS. The molecule has 0 radical (unpaired) electrons. The first-order valence-corrected chi connectivity index (χ1v) is 9.70. The van der Waals surface area contributed by atoms with E-state index in [0.717, 1.165) is 47.1 Å². The standard InChI is InChI=1S/C19H19F3N4OS/c1-12(27)17-11-26(24-23-17)15-8-25(9-15)10-16-6-7-18(28-16)13-2-4-14(5-3-13)19(20,21)22/h2-7,11-12,15,27H,8-10H2,1H3. The van der Waals surface area contributed by atoms with Gasteiger partial charge in [0, 0.05) is 29.4 Å². The summed E-state index contributed by atoms with van der Waals surface area (Å²) in [4.78, 5) is 4.40. The highest BCUT2D eigenvalue weighted by molar-refractivity contribution is 7.15. The van der Waals surface area contributed by atoms with E-state index in [-0.39, 0.29) is 6.04 Å². The molecule has 1 saturated heterocycles. The van der Waals surface area contributed by atoms with Gasteiger partial charge < -0.3 is 5.11 Å². The lowest BCUT2D eigenvalue weighted by molar-refractivity contribution is -0.137. The fourth-order valence-corrected chi connectivity index (χ4v) is 4.22. The Morgan fingerprint density at radius 1 is 1.18 bits per heavy atom. The maximum atomic E-state index is 12.7. The highest BCUT2D eigenvalue weighted by Crippen LogP contribution is 2.34. The van der Waals surface area contributed by atoms with Crippen molar-refractivity contribution in [3.63, 3.8) is 0 Å². The molecule has 1 aliphatic rings. The molecule has 3 heterocycles. The largest absolute Gasteiger partial charge is 0.416 e. The lowest BCUT2D eigenvalue weighted by Gasteiger charge is -2.38. The van der Waals surface area contributed by atoms with Gasteiger partial charge in [-0.2, -0.15) is 13.2 Å². The minimum atomic E-state index is -4.31. The molecule has 3 aromatic rings. The lowest BCUT2D eigenvalue weighted by atomic mass is 10.1. The van der Waals surface area contributed by atoms with Crippen molar-refractivity contribution in [1.82, 2.24) is 19.9 Å². The molecule has 1 atom stereocenters. The second-order valence-corrected chi connectivity index (χ2v) is 8.16.